The third-order valence-electron chi connectivity index (χ3n) is 4.62. The fourth-order valence-corrected chi connectivity index (χ4v) is 16.0. The van der Waals surface area contributed by atoms with E-state index >= 15 is 0 Å². The molecule has 0 fully saturated rings. The van der Waals surface area contributed by atoms with E-state index < -0.39 is 30.6 Å². The van der Waals surface area contributed by atoms with Gasteiger partial charge in [-0.3, -0.25) is 0 Å². The molecule has 1 aliphatic heterocycles. The molecule has 3 rings (SSSR count). The molecular formula is C24H40N4O8P4. The highest BCUT2D eigenvalue weighted by Crippen LogP contribution is 2.80. The lowest BCUT2D eigenvalue weighted by Crippen LogP contribution is -2.06. The summed E-state index contributed by atoms with van der Waals surface area (Å²) in [6.07, 6.45) is 0. The second-order valence-corrected chi connectivity index (χ2v) is 16.3. The zero-order valence-electron chi connectivity index (χ0n) is 23.9. The average molecular weight is 636 g/mol. The lowest BCUT2D eigenvalue weighted by molar-refractivity contribution is 0.242. The maximum Gasteiger partial charge on any atom is 0.457 e. The van der Waals surface area contributed by atoms with Crippen LogP contribution in [0.25, 0.3) is 0 Å². The third kappa shape index (κ3) is 8.86. The topological polar surface area (TPSA) is 123 Å². The van der Waals surface area contributed by atoms with Gasteiger partial charge in [0.15, 0.2) is 0 Å². The van der Waals surface area contributed by atoms with Gasteiger partial charge in [-0.1, -0.05) is 36.4 Å². The van der Waals surface area contributed by atoms with Crippen LogP contribution in [0.2, 0.25) is 0 Å². The minimum Gasteiger partial charge on any atom is -0.413 e. The summed E-state index contributed by atoms with van der Waals surface area (Å²) in [7, 11) is -14.4. The van der Waals surface area contributed by atoms with Crippen LogP contribution in [0.5, 0.6) is 11.5 Å². The Morgan fingerprint density at radius 1 is 0.400 bits per heavy atom. The van der Waals surface area contributed by atoms with Gasteiger partial charge in [-0.05, 0) is 65.8 Å². The van der Waals surface area contributed by atoms with E-state index in [2.05, 4.69) is 0 Å². The van der Waals surface area contributed by atoms with Gasteiger partial charge < -0.3 is 36.2 Å². The summed E-state index contributed by atoms with van der Waals surface area (Å²) in [6.45, 7) is 12.4. The smallest absolute Gasteiger partial charge is 0.413 e. The predicted octanol–water partition coefficient (Wildman–Crippen LogP) is 10.2. The van der Waals surface area contributed by atoms with Crippen LogP contribution in [-0.2, 0) is 27.1 Å². The molecule has 0 spiro atoms. The van der Waals surface area contributed by atoms with Crippen LogP contribution in [-0.4, -0.2) is 39.6 Å². The molecule has 0 saturated carbocycles. The minimum atomic E-state index is -3.79. The maximum absolute atomic E-state index is 6.57. The summed E-state index contributed by atoms with van der Waals surface area (Å²) in [5, 5.41) is 0. The molecule has 1 heterocycles. The Morgan fingerprint density at radius 3 is 0.925 bits per heavy atom. The van der Waals surface area contributed by atoms with Crippen LogP contribution in [0.15, 0.2) is 78.7 Å². The molecule has 0 N–H and O–H groups in total. The fraction of sp³-hybridized carbons (Fsp3) is 0.500. The summed E-state index contributed by atoms with van der Waals surface area (Å²) in [5.41, 5.74) is 0. The number of nitrogens with zero attached hydrogens (tertiary/aromatic N) is 4. The molecule has 0 atom stereocenters. The maximum atomic E-state index is 6.57. The number of rotatable bonds is 16. The number of hydrogen-bond donors (Lipinski definition) is 0. The highest BCUT2D eigenvalue weighted by atomic mass is 31.3. The molecule has 1 aliphatic rings. The van der Waals surface area contributed by atoms with E-state index in [0.717, 1.165) is 0 Å². The van der Waals surface area contributed by atoms with Crippen LogP contribution < -0.4 is 9.05 Å². The second-order valence-electron chi connectivity index (χ2n) is 7.64. The molecule has 0 bridgehead atoms. The molecule has 0 radical (unpaired) electrons. The van der Waals surface area contributed by atoms with Crippen LogP contribution in [0.4, 0.5) is 0 Å². The summed E-state index contributed by atoms with van der Waals surface area (Å²) >= 11 is 0. The van der Waals surface area contributed by atoms with Gasteiger partial charge in [-0.15, -0.1) is 18.1 Å². The Balaban J connectivity index is 2.54. The van der Waals surface area contributed by atoms with Gasteiger partial charge in [-0.2, -0.15) is 0 Å². The molecule has 0 amide bonds. The van der Waals surface area contributed by atoms with Crippen molar-refractivity contribution in [1.29, 1.82) is 0 Å². The molecule has 0 aromatic heterocycles. The number of benzene rings is 2. The van der Waals surface area contributed by atoms with Crippen LogP contribution in [0.3, 0.4) is 0 Å². The third-order valence-corrected chi connectivity index (χ3v) is 16.3. The van der Waals surface area contributed by atoms with Crippen molar-refractivity contribution < 1.29 is 36.2 Å². The molecule has 0 aliphatic carbocycles. The van der Waals surface area contributed by atoms with Crippen molar-refractivity contribution in [1.82, 2.24) is 0 Å². The van der Waals surface area contributed by atoms with E-state index in [4.69, 9.17) is 54.3 Å². The van der Waals surface area contributed by atoms with E-state index in [9.17, 15) is 0 Å². The highest BCUT2D eigenvalue weighted by molar-refractivity contribution is 7.78. The van der Waals surface area contributed by atoms with Gasteiger partial charge >= 0.3 is 30.6 Å². The van der Waals surface area contributed by atoms with Crippen LogP contribution in [0, 0.1) is 0 Å². The van der Waals surface area contributed by atoms with Gasteiger partial charge in [-0.25, -0.2) is 0 Å². The van der Waals surface area contributed by atoms with Crippen molar-refractivity contribution in [3.8, 4) is 11.5 Å². The van der Waals surface area contributed by atoms with E-state index in [1.165, 1.54) is 0 Å². The lowest BCUT2D eigenvalue weighted by atomic mass is 10.3. The first kappa shape index (κ1) is 33.2. The zero-order valence-corrected chi connectivity index (χ0v) is 27.4. The monoisotopic (exact) mass is 636 g/mol. The number of hydrogen-bond acceptors (Lipinski definition) is 12. The van der Waals surface area contributed by atoms with Gasteiger partial charge in [0, 0.05) is 0 Å². The first-order chi connectivity index (χ1) is 19.3. The Kier molecular flexibility index (Phi) is 13.1. The van der Waals surface area contributed by atoms with Gasteiger partial charge in [0.05, 0.1) is 39.6 Å². The Labute approximate surface area is 238 Å². The van der Waals surface area contributed by atoms with Crippen LogP contribution in [0.1, 0.15) is 41.5 Å². The number of para-hydroxylation sites is 2. The van der Waals surface area contributed by atoms with E-state index in [-0.39, 0.29) is 39.6 Å². The molecule has 0 saturated heterocycles. The molecule has 40 heavy (non-hydrogen) atoms. The predicted molar refractivity (Wildman–Crippen MR) is 161 cm³/mol. The molecule has 16 heteroatoms. The average Bonchev–Trinajstić information content (AvgIpc) is 2.90. The molecule has 2 aromatic rings. The van der Waals surface area contributed by atoms with Gasteiger partial charge in [0.2, 0.25) is 0 Å². The molecule has 12 nitrogen and oxygen atoms in total. The Hall–Kier alpha value is -1.28. The lowest BCUT2D eigenvalue weighted by Gasteiger charge is -2.32. The van der Waals surface area contributed by atoms with Crippen molar-refractivity contribution in [2.75, 3.05) is 39.6 Å². The van der Waals surface area contributed by atoms with E-state index in [1.54, 1.807) is 24.3 Å². The normalized spacial score (nSPS) is 18.6. The molecule has 0 unspecified atom stereocenters. The molecule has 2 aromatic carbocycles. The SMILES string of the molecule is CCOP1(OCC)=NP(OCC)(OCC)=NP(Oc2ccccc2)(Oc2ccccc2)=NP(OCC)(OCC)=N1. The van der Waals surface area contributed by atoms with Gasteiger partial charge in [0.25, 0.3) is 0 Å². The van der Waals surface area contributed by atoms with E-state index in [0.29, 0.717) is 11.5 Å². The molecule has 224 valence electrons. The quantitative estimate of drug-likeness (QED) is 0.167. The summed E-state index contributed by atoms with van der Waals surface area (Å²) < 4.78 is 70.4. The molecular weight excluding hydrogens is 596 g/mol. The second kappa shape index (κ2) is 15.8. The first-order valence-electron chi connectivity index (χ1n) is 13.3. The summed E-state index contributed by atoms with van der Waals surface area (Å²) in [4.78, 5) is 0. The summed E-state index contributed by atoms with van der Waals surface area (Å²) in [5.74, 6) is 0.931. The first-order valence-corrected chi connectivity index (χ1v) is 19.4. The van der Waals surface area contributed by atoms with Crippen molar-refractivity contribution >= 4 is 30.6 Å². The summed E-state index contributed by atoms with van der Waals surface area (Å²) in [6, 6.07) is 18.3. The van der Waals surface area contributed by atoms with Gasteiger partial charge in [0.1, 0.15) is 11.5 Å². The fourth-order valence-electron chi connectivity index (χ4n) is 3.40. The Bertz CT molecular complexity index is 1210. The van der Waals surface area contributed by atoms with E-state index in [1.807, 2.05) is 77.9 Å². The standard InChI is InChI=1S/C24H40N4O8P4/c1-7-29-37(30-8-2)25-38(31-9-3,32-10-4)27-40(35-23-19-15-13-16-20-23,36-24-21-17-14-18-22-24)28-39(26-37,33-11-5)34-12-6/h13-22H,7-12H2,1-6H3. The van der Waals surface area contributed by atoms with Crippen molar-refractivity contribution in [3.05, 3.63) is 60.7 Å². The zero-order chi connectivity index (χ0) is 29.0. The minimum absolute atomic E-state index is 0.229. The van der Waals surface area contributed by atoms with Crippen molar-refractivity contribution in [2.24, 2.45) is 18.1 Å². The van der Waals surface area contributed by atoms with Crippen LogP contribution >= 0.6 is 30.6 Å². The highest BCUT2D eigenvalue weighted by Gasteiger charge is 2.44. The Morgan fingerprint density at radius 2 is 0.650 bits per heavy atom. The van der Waals surface area contributed by atoms with Crippen molar-refractivity contribution in [2.45, 2.75) is 41.5 Å². The largest absolute Gasteiger partial charge is 0.457 e. The van der Waals surface area contributed by atoms with Crippen molar-refractivity contribution in [3.63, 3.8) is 0 Å².